The summed E-state index contributed by atoms with van der Waals surface area (Å²) in [6.45, 7) is 2.60. The highest BCUT2D eigenvalue weighted by molar-refractivity contribution is 5.81. The van der Waals surface area contributed by atoms with E-state index in [1.165, 1.54) is 0 Å². The van der Waals surface area contributed by atoms with Crippen molar-refractivity contribution >= 4 is 5.91 Å². The number of hydrogen-bond donors (Lipinski definition) is 2. The fraction of sp³-hybridized carbons (Fsp3) is 0.889. The first-order valence-electron chi connectivity index (χ1n) is 4.80. The van der Waals surface area contributed by atoms with E-state index in [0.717, 1.165) is 19.3 Å². The fourth-order valence-electron chi connectivity index (χ4n) is 1.36. The van der Waals surface area contributed by atoms with E-state index in [0.29, 0.717) is 6.61 Å². The van der Waals surface area contributed by atoms with Gasteiger partial charge in [-0.15, -0.1) is 0 Å². The largest absolute Gasteiger partial charge is 0.394 e. The maximum absolute atomic E-state index is 11.4. The van der Waals surface area contributed by atoms with Crippen molar-refractivity contribution in [2.75, 3.05) is 13.2 Å². The molecule has 1 fully saturated rings. The molecule has 0 saturated carbocycles. The Labute approximate surface area is 78.3 Å². The molecule has 4 nitrogen and oxygen atoms in total. The van der Waals surface area contributed by atoms with E-state index in [4.69, 9.17) is 9.84 Å². The normalized spacial score (nSPS) is 24.3. The Morgan fingerprint density at radius 2 is 2.54 bits per heavy atom. The molecule has 0 bridgehead atoms. The van der Waals surface area contributed by atoms with Crippen LogP contribution in [0, 0.1) is 0 Å². The second-order valence-corrected chi connectivity index (χ2v) is 3.30. The van der Waals surface area contributed by atoms with Gasteiger partial charge in [-0.1, -0.05) is 6.92 Å². The van der Waals surface area contributed by atoms with Crippen molar-refractivity contribution in [1.82, 2.24) is 5.32 Å². The number of carbonyl (C=O) groups excluding carboxylic acids is 1. The van der Waals surface area contributed by atoms with Crippen molar-refractivity contribution in [1.29, 1.82) is 0 Å². The number of rotatable bonds is 4. The summed E-state index contributed by atoms with van der Waals surface area (Å²) in [6.07, 6.45) is 2.21. The summed E-state index contributed by atoms with van der Waals surface area (Å²) >= 11 is 0. The van der Waals surface area contributed by atoms with Gasteiger partial charge < -0.3 is 15.2 Å². The van der Waals surface area contributed by atoms with Crippen LogP contribution in [0.4, 0.5) is 0 Å². The van der Waals surface area contributed by atoms with Crippen molar-refractivity contribution in [3.63, 3.8) is 0 Å². The number of amides is 1. The van der Waals surface area contributed by atoms with Gasteiger partial charge in [-0.05, 0) is 19.3 Å². The minimum atomic E-state index is -0.291. The van der Waals surface area contributed by atoms with E-state index in [-0.39, 0.29) is 24.7 Å². The standard InChI is InChI=1S/C9H17NO3/c1-2-7(6-11)10-9(12)8-4-3-5-13-8/h7-8,11H,2-6H2,1H3,(H,10,12)/t7-,8-/m1/s1. The van der Waals surface area contributed by atoms with Gasteiger partial charge in [0.25, 0.3) is 0 Å². The Bertz CT molecular complexity index is 162. The molecule has 13 heavy (non-hydrogen) atoms. The molecule has 4 heteroatoms. The molecule has 76 valence electrons. The van der Waals surface area contributed by atoms with Crippen molar-refractivity contribution in [3.05, 3.63) is 0 Å². The molecule has 2 atom stereocenters. The lowest BCUT2D eigenvalue weighted by Crippen LogP contribution is -2.42. The van der Waals surface area contributed by atoms with Crippen LogP contribution in [0.1, 0.15) is 26.2 Å². The van der Waals surface area contributed by atoms with Crippen LogP contribution in [-0.2, 0) is 9.53 Å². The van der Waals surface area contributed by atoms with Gasteiger partial charge in [0.05, 0.1) is 12.6 Å². The fourth-order valence-corrected chi connectivity index (χ4v) is 1.36. The predicted molar refractivity (Wildman–Crippen MR) is 48.3 cm³/mol. The molecule has 0 spiro atoms. The van der Waals surface area contributed by atoms with Crippen molar-refractivity contribution in [3.8, 4) is 0 Å². The van der Waals surface area contributed by atoms with E-state index in [9.17, 15) is 4.79 Å². The molecule has 0 aliphatic carbocycles. The Morgan fingerprint density at radius 1 is 1.77 bits per heavy atom. The van der Waals surface area contributed by atoms with Crippen molar-refractivity contribution < 1.29 is 14.6 Å². The van der Waals surface area contributed by atoms with Crippen LogP contribution in [0.5, 0.6) is 0 Å². The Hall–Kier alpha value is -0.610. The number of ether oxygens (including phenoxy) is 1. The minimum Gasteiger partial charge on any atom is -0.394 e. The molecule has 0 radical (unpaired) electrons. The quantitative estimate of drug-likeness (QED) is 0.654. The molecule has 1 aliphatic rings. The zero-order chi connectivity index (χ0) is 9.68. The highest BCUT2D eigenvalue weighted by Crippen LogP contribution is 2.12. The molecule has 0 aromatic carbocycles. The van der Waals surface area contributed by atoms with Gasteiger partial charge in [-0.2, -0.15) is 0 Å². The van der Waals surface area contributed by atoms with Gasteiger partial charge >= 0.3 is 0 Å². The van der Waals surface area contributed by atoms with Crippen LogP contribution in [0.2, 0.25) is 0 Å². The first-order chi connectivity index (χ1) is 6.27. The maximum Gasteiger partial charge on any atom is 0.249 e. The van der Waals surface area contributed by atoms with Gasteiger partial charge in [0.15, 0.2) is 0 Å². The van der Waals surface area contributed by atoms with Gasteiger partial charge in [-0.3, -0.25) is 4.79 Å². The molecule has 2 N–H and O–H groups in total. The highest BCUT2D eigenvalue weighted by Gasteiger charge is 2.24. The third kappa shape index (κ3) is 2.97. The second-order valence-electron chi connectivity index (χ2n) is 3.30. The van der Waals surface area contributed by atoms with Crippen LogP contribution in [0.15, 0.2) is 0 Å². The van der Waals surface area contributed by atoms with Crippen LogP contribution in [0.3, 0.4) is 0 Å². The first-order valence-corrected chi connectivity index (χ1v) is 4.80. The van der Waals surface area contributed by atoms with Crippen LogP contribution in [0.25, 0.3) is 0 Å². The van der Waals surface area contributed by atoms with Crippen LogP contribution >= 0.6 is 0 Å². The third-order valence-electron chi connectivity index (χ3n) is 2.28. The summed E-state index contributed by atoms with van der Waals surface area (Å²) in [5.74, 6) is -0.0848. The van der Waals surface area contributed by atoms with Gasteiger partial charge in [0.2, 0.25) is 5.91 Å². The molecule has 0 aromatic heterocycles. The lowest BCUT2D eigenvalue weighted by atomic mass is 10.2. The summed E-state index contributed by atoms with van der Waals surface area (Å²) in [6, 6.07) is -0.128. The third-order valence-corrected chi connectivity index (χ3v) is 2.28. The molecule has 0 aromatic rings. The molecule has 1 rings (SSSR count). The van der Waals surface area contributed by atoms with Crippen molar-refractivity contribution in [2.24, 2.45) is 0 Å². The van der Waals surface area contributed by atoms with Gasteiger partial charge in [0, 0.05) is 6.61 Å². The van der Waals surface area contributed by atoms with E-state index < -0.39 is 0 Å². The summed E-state index contributed by atoms with van der Waals surface area (Å²) in [7, 11) is 0. The van der Waals surface area contributed by atoms with E-state index in [1.54, 1.807) is 0 Å². The minimum absolute atomic E-state index is 0.00500. The Kier molecular flexibility index (Phi) is 4.18. The van der Waals surface area contributed by atoms with Crippen LogP contribution < -0.4 is 5.32 Å². The number of aliphatic hydroxyl groups is 1. The molecular formula is C9H17NO3. The van der Waals surface area contributed by atoms with E-state index >= 15 is 0 Å². The number of nitrogens with one attached hydrogen (secondary N) is 1. The average molecular weight is 187 g/mol. The zero-order valence-electron chi connectivity index (χ0n) is 7.95. The topological polar surface area (TPSA) is 58.6 Å². The average Bonchev–Trinajstić information content (AvgIpc) is 2.66. The summed E-state index contributed by atoms with van der Waals surface area (Å²) in [4.78, 5) is 11.4. The SMILES string of the molecule is CC[C@H](CO)NC(=O)[C@H]1CCCO1. The zero-order valence-corrected chi connectivity index (χ0v) is 7.95. The summed E-state index contributed by atoms with van der Waals surface area (Å²) in [5.41, 5.74) is 0. The van der Waals surface area contributed by atoms with Gasteiger partial charge in [0.1, 0.15) is 6.10 Å². The Morgan fingerprint density at radius 3 is 3.00 bits per heavy atom. The molecule has 1 aliphatic heterocycles. The van der Waals surface area contributed by atoms with Gasteiger partial charge in [-0.25, -0.2) is 0 Å². The van der Waals surface area contributed by atoms with Crippen LogP contribution in [-0.4, -0.2) is 36.4 Å². The smallest absolute Gasteiger partial charge is 0.249 e. The molecule has 0 unspecified atom stereocenters. The summed E-state index contributed by atoms with van der Waals surface area (Å²) in [5, 5.41) is 11.6. The van der Waals surface area contributed by atoms with E-state index in [2.05, 4.69) is 5.32 Å². The molecule has 1 heterocycles. The lowest BCUT2D eigenvalue weighted by Gasteiger charge is -2.16. The Balaban J connectivity index is 2.30. The molecular weight excluding hydrogens is 170 g/mol. The molecule has 1 amide bonds. The van der Waals surface area contributed by atoms with E-state index in [1.807, 2.05) is 6.92 Å². The number of carbonyl (C=O) groups is 1. The summed E-state index contributed by atoms with van der Waals surface area (Å²) < 4.78 is 5.21. The number of hydrogen-bond acceptors (Lipinski definition) is 3. The predicted octanol–water partition coefficient (Wildman–Crippen LogP) is 0.0525. The maximum atomic E-state index is 11.4. The monoisotopic (exact) mass is 187 g/mol. The van der Waals surface area contributed by atoms with Crippen molar-refractivity contribution in [2.45, 2.75) is 38.3 Å². The second kappa shape index (κ2) is 5.19. The highest BCUT2D eigenvalue weighted by atomic mass is 16.5. The lowest BCUT2D eigenvalue weighted by molar-refractivity contribution is -0.131. The number of aliphatic hydroxyl groups excluding tert-OH is 1. The first kappa shape index (κ1) is 10.5. The molecule has 1 saturated heterocycles.